The number of rotatable bonds is 4. The Bertz CT molecular complexity index is 228. The number of hydrogen-bond acceptors (Lipinski definition) is 1. The standard InChI is InChI=1S/C11H14O/c1-3-10(2)12-9-11-7-5-4-6-8-11/h3-8,10H,1,9H2,2H3. The lowest BCUT2D eigenvalue weighted by molar-refractivity contribution is 0.0843. The molecular formula is C11H14O. The Hall–Kier alpha value is -1.08. The molecule has 0 bridgehead atoms. The molecule has 0 aliphatic heterocycles. The van der Waals surface area contributed by atoms with Gasteiger partial charge in [-0.25, -0.2) is 0 Å². The lowest BCUT2D eigenvalue weighted by Crippen LogP contribution is -2.03. The summed E-state index contributed by atoms with van der Waals surface area (Å²) >= 11 is 0. The van der Waals surface area contributed by atoms with Gasteiger partial charge in [0.15, 0.2) is 0 Å². The van der Waals surface area contributed by atoms with Crippen molar-refractivity contribution in [1.29, 1.82) is 0 Å². The zero-order valence-electron chi connectivity index (χ0n) is 7.36. The first-order valence-electron chi connectivity index (χ1n) is 4.11. The molecule has 12 heavy (non-hydrogen) atoms. The van der Waals surface area contributed by atoms with Crippen LogP contribution in [0.5, 0.6) is 0 Å². The second kappa shape index (κ2) is 4.73. The fourth-order valence-electron chi connectivity index (χ4n) is 0.870. The lowest BCUT2D eigenvalue weighted by atomic mass is 10.2. The van der Waals surface area contributed by atoms with E-state index in [2.05, 4.69) is 18.7 Å². The Morgan fingerprint density at radius 2 is 2.08 bits per heavy atom. The SMILES string of the molecule is C=CC(C)OCc1ccccc1. The number of hydrogen-bond donors (Lipinski definition) is 0. The molecule has 1 unspecified atom stereocenters. The maximum absolute atomic E-state index is 5.46. The van der Waals surface area contributed by atoms with Gasteiger partial charge in [-0.2, -0.15) is 0 Å². The molecule has 1 aromatic rings. The summed E-state index contributed by atoms with van der Waals surface area (Å²) in [6.07, 6.45) is 1.92. The van der Waals surface area contributed by atoms with Crippen LogP contribution in [0.15, 0.2) is 43.0 Å². The van der Waals surface area contributed by atoms with Crippen molar-refractivity contribution in [3.8, 4) is 0 Å². The highest BCUT2D eigenvalue weighted by molar-refractivity contribution is 5.13. The van der Waals surface area contributed by atoms with Crippen LogP contribution in [0.25, 0.3) is 0 Å². The number of benzene rings is 1. The quantitative estimate of drug-likeness (QED) is 0.618. The maximum atomic E-state index is 5.46. The summed E-state index contributed by atoms with van der Waals surface area (Å²) in [5.41, 5.74) is 1.20. The summed E-state index contributed by atoms with van der Waals surface area (Å²) in [4.78, 5) is 0. The average molecular weight is 162 g/mol. The highest BCUT2D eigenvalue weighted by Gasteiger charge is 1.95. The molecule has 1 aromatic carbocycles. The molecule has 0 saturated carbocycles. The van der Waals surface area contributed by atoms with E-state index in [4.69, 9.17) is 4.74 Å². The van der Waals surface area contributed by atoms with Gasteiger partial charge in [0.1, 0.15) is 0 Å². The zero-order chi connectivity index (χ0) is 8.81. The average Bonchev–Trinajstić information content (AvgIpc) is 2.16. The zero-order valence-corrected chi connectivity index (χ0v) is 7.36. The third-order valence-electron chi connectivity index (χ3n) is 1.69. The Balaban J connectivity index is 2.38. The monoisotopic (exact) mass is 162 g/mol. The van der Waals surface area contributed by atoms with Crippen LogP contribution in [-0.2, 0) is 11.3 Å². The van der Waals surface area contributed by atoms with Crippen LogP contribution in [0.1, 0.15) is 12.5 Å². The first kappa shape index (κ1) is 9.01. The number of ether oxygens (including phenoxy) is 1. The molecule has 0 N–H and O–H groups in total. The molecule has 0 heterocycles. The van der Waals surface area contributed by atoms with Gasteiger partial charge in [0, 0.05) is 0 Å². The van der Waals surface area contributed by atoms with E-state index in [-0.39, 0.29) is 6.10 Å². The topological polar surface area (TPSA) is 9.23 Å². The largest absolute Gasteiger partial charge is 0.370 e. The summed E-state index contributed by atoms with van der Waals surface area (Å²) in [5, 5.41) is 0. The van der Waals surface area contributed by atoms with E-state index >= 15 is 0 Å². The Morgan fingerprint density at radius 1 is 1.42 bits per heavy atom. The van der Waals surface area contributed by atoms with Gasteiger partial charge >= 0.3 is 0 Å². The van der Waals surface area contributed by atoms with E-state index in [1.54, 1.807) is 6.08 Å². The Kier molecular flexibility index (Phi) is 3.55. The van der Waals surface area contributed by atoms with Crippen LogP contribution >= 0.6 is 0 Å². The summed E-state index contributed by atoms with van der Waals surface area (Å²) in [6, 6.07) is 10.1. The van der Waals surface area contributed by atoms with Crippen molar-refractivity contribution in [2.45, 2.75) is 19.6 Å². The second-order valence-corrected chi connectivity index (χ2v) is 2.74. The molecule has 0 fully saturated rings. The molecule has 0 aromatic heterocycles. The minimum atomic E-state index is 0.130. The van der Waals surface area contributed by atoms with Crippen LogP contribution in [0.3, 0.4) is 0 Å². The second-order valence-electron chi connectivity index (χ2n) is 2.74. The lowest BCUT2D eigenvalue weighted by Gasteiger charge is -2.07. The van der Waals surface area contributed by atoms with Crippen LogP contribution in [0.4, 0.5) is 0 Å². The fraction of sp³-hybridized carbons (Fsp3) is 0.273. The van der Waals surface area contributed by atoms with Gasteiger partial charge < -0.3 is 4.74 Å². The molecule has 0 spiro atoms. The third-order valence-corrected chi connectivity index (χ3v) is 1.69. The predicted molar refractivity (Wildman–Crippen MR) is 50.9 cm³/mol. The van der Waals surface area contributed by atoms with Crippen molar-refractivity contribution < 1.29 is 4.74 Å². The van der Waals surface area contributed by atoms with Gasteiger partial charge in [0.05, 0.1) is 12.7 Å². The van der Waals surface area contributed by atoms with Crippen LogP contribution < -0.4 is 0 Å². The molecule has 1 atom stereocenters. The van der Waals surface area contributed by atoms with Crippen molar-refractivity contribution in [3.05, 3.63) is 48.6 Å². The van der Waals surface area contributed by atoms with Gasteiger partial charge in [-0.05, 0) is 12.5 Å². The summed E-state index contributed by atoms with van der Waals surface area (Å²) in [7, 11) is 0. The van der Waals surface area contributed by atoms with Crippen LogP contribution in [0.2, 0.25) is 0 Å². The molecule has 0 amide bonds. The van der Waals surface area contributed by atoms with E-state index < -0.39 is 0 Å². The van der Waals surface area contributed by atoms with Gasteiger partial charge in [-0.15, -0.1) is 6.58 Å². The van der Waals surface area contributed by atoms with E-state index in [9.17, 15) is 0 Å². The third kappa shape index (κ3) is 2.89. The highest BCUT2D eigenvalue weighted by atomic mass is 16.5. The van der Waals surface area contributed by atoms with Crippen LogP contribution in [0, 0.1) is 0 Å². The normalized spacial score (nSPS) is 12.4. The van der Waals surface area contributed by atoms with Gasteiger partial charge in [-0.3, -0.25) is 0 Å². The molecule has 1 nitrogen and oxygen atoms in total. The van der Waals surface area contributed by atoms with Crippen molar-refractivity contribution in [2.24, 2.45) is 0 Å². The summed E-state index contributed by atoms with van der Waals surface area (Å²) < 4.78 is 5.46. The van der Waals surface area contributed by atoms with Crippen LogP contribution in [-0.4, -0.2) is 6.10 Å². The Labute approximate surface area is 73.7 Å². The molecular weight excluding hydrogens is 148 g/mol. The molecule has 0 radical (unpaired) electrons. The minimum Gasteiger partial charge on any atom is -0.370 e. The van der Waals surface area contributed by atoms with Gasteiger partial charge in [-0.1, -0.05) is 36.4 Å². The van der Waals surface area contributed by atoms with E-state index in [1.807, 2.05) is 25.1 Å². The highest BCUT2D eigenvalue weighted by Crippen LogP contribution is 2.02. The van der Waals surface area contributed by atoms with E-state index in [1.165, 1.54) is 5.56 Å². The first-order valence-corrected chi connectivity index (χ1v) is 4.11. The Morgan fingerprint density at radius 3 is 2.67 bits per heavy atom. The molecule has 0 aliphatic carbocycles. The molecule has 0 aliphatic rings. The maximum Gasteiger partial charge on any atom is 0.0729 e. The predicted octanol–water partition coefficient (Wildman–Crippen LogP) is 2.78. The smallest absolute Gasteiger partial charge is 0.0729 e. The first-order chi connectivity index (χ1) is 5.83. The fourth-order valence-corrected chi connectivity index (χ4v) is 0.870. The van der Waals surface area contributed by atoms with Crippen molar-refractivity contribution in [1.82, 2.24) is 0 Å². The molecule has 64 valence electrons. The summed E-state index contributed by atoms with van der Waals surface area (Å²) in [6.45, 7) is 6.29. The summed E-state index contributed by atoms with van der Waals surface area (Å²) in [5.74, 6) is 0. The van der Waals surface area contributed by atoms with Gasteiger partial charge in [0.25, 0.3) is 0 Å². The molecule has 0 saturated heterocycles. The minimum absolute atomic E-state index is 0.130. The molecule has 1 rings (SSSR count). The van der Waals surface area contributed by atoms with Crippen molar-refractivity contribution >= 4 is 0 Å². The van der Waals surface area contributed by atoms with E-state index in [0.29, 0.717) is 6.61 Å². The van der Waals surface area contributed by atoms with Crippen molar-refractivity contribution in [3.63, 3.8) is 0 Å². The van der Waals surface area contributed by atoms with E-state index in [0.717, 1.165) is 0 Å². The molecule has 1 heteroatoms. The van der Waals surface area contributed by atoms with Gasteiger partial charge in [0.2, 0.25) is 0 Å². The van der Waals surface area contributed by atoms with Crippen molar-refractivity contribution in [2.75, 3.05) is 0 Å².